The van der Waals surface area contributed by atoms with Crippen molar-refractivity contribution in [1.82, 2.24) is 0 Å². The fourth-order valence-electron chi connectivity index (χ4n) is 4.85. The Labute approximate surface area is 226 Å². The normalized spacial score (nSPS) is 14.9. The van der Waals surface area contributed by atoms with Crippen LogP contribution in [-0.2, 0) is 6.18 Å². The maximum absolute atomic E-state index is 14.1. The fraction of sp³-hybridized carbons (Fsp3) is 0.0625. The molecule has 8 heteroatoms. The number of ether oxygens (including phenoxy) is 1. The molecule has 1 aliphatic rings. The molecular formula is C32H20F3NO4. The van der Waals surface area contributed by atoms with Crippen LogP contribution in [0.3, 0.4) is 0 Å². The van der Waals surface area contributed by atoms with Gasteiger partial charge in [-0.2, -0.15) is 13.2 Å². The molecule has 0 amide bonds. The number of rotatable bonds is 5. The molecule has 0 saturated carbocycles. The highest BCUT2D eigenvalue weighted by molar-refractivity contribution is 6.11. The summed E-state index contributed by atoms with van der Waals surface area (Å²) in [6.07, 6.45) is -4.56. The van der Waals surface area contributed by atoms with Gasteiger partial charge in [0.1, 0.15) is 5.58 Å². The van der Waals surface area contributed by atoms with Gasteiger partial charge in [-0.1, -0.05) is 72.8 Å². The highest BCUT2D eigenvalue weighted by atomic mass is 19.4. The number of anilines is 1. The molecule has 2 heterocycles. The van der Waals surface area contributed by atoms with Crippen LogP contribution < -0.4 is 15.7 Å². The predicted octanol–water partition coefficient (Wildman–Crippen LogP) is 7.54. The van der Waals surface area contributed by atoms with E-state index in [9.17, 15) is 22.8 Å². The van der Waals surface area contributed by atoms with Crippen molar-refractivity contribution < 1.29 is 27.1 Å². The number of halogens is 3. The minimum Gasteiger partial charge on any atom is -0.439 e. The smallest absolute Gasteiger partial charge is 0.416 e. The van der Waals surface area contributed by atoms with Gasteiger partial charge in [-0.15, -0.1) is 0 Å². The van der Waals surface area contributed by atoms with Crippen molar-refractivity contribution in [2.75, 3.05) is 5.32 Å². The van der Waals surface area contributed by atoms with Gasteiger partial charge in [0.25, 0.3) is 0 Å². The highest BCUT2D eigenvalue weighted by Crippen LogP contribution is 2.46. The molecule has 0 aliphatic carbocycles. The first kappa shape index (κ1) is 25.2. The Kier molecular flexibility index (Phi) is 6.23. The van der Waals surface area contributed by atoms with Crippen LogP contribution in [0.15, 0.2) is 130 Å². The Morgan fingerprint density at radius 2 is 1.40 bits per heavy atom. The molecule has 40 heavy (non-hydrogen) atoms. The van der Waals surface area contributed by atoms with Crippen molar-refractivity contribution in [1.29, 1.82) is 0 Å². The number of hydrogen-bond donors (Lipinski definition) is 1. The highest BCUT2D eigenvalue weighted by Gasteiger charge is 2.40. The van der Waals surface area contributed by atoms with Crippen LogP contribution in [0.4, 0.5) is 18.9 Å². The summed E-state index contributed by atoms with van der Waals surface area (Å²) in [6, 6.07) is 28.6. The Morgan fingerprint density at radius 1 is 0.775 bits per heavy atom. The SMILES string of the molecule is O=C(C1=C(Nc2ccccc2)Oc2c(c(=O)oc3ccccc23)C1c1ccc(C(F)(F)F)cc1)c1ccccc1. The molecule has 0 spiro atoms. The van der Waals surface area contributed by atoms with Gasteiger partial charge in [0.15, 0.2) is 11.5 Å². The minimum absolute atomic E-state index is 0.0244. The van der Waals surface area contributed by atoms with Crippen LogP contribution >= 0.6 is 0 Å². The molecular weight excluding hydrogens is 519 g/mol. The molecule has 1 atom stereocenters. The number of benzene rings is 4. The summed E-state index contributed by atoms with van der Waals surface area (Å²) in [5.74, 6) is -1.32. The summed E-state index contributed by atoms with van der Waals surface area (Å²) < 4.78 is 52.2. The second-order valence-electron chi connectivity index (χ2n) is 9.21. The molecule has 5 nitrogen and oxygen atoms in total. The zero-order valence-corrected chi connectivity index (χ0v) is 20.7. The molecule has 0 saturated heterocycles. The van der Waals surface area contributed by atoms with Crippen LogP contribution in [0.1, 0.15) is 33.0 Å². The van der Waals surface area contributed by atoms with E-state index < -0.39 is 29.1 Å². The van der Waals surface area contributed by atoms with Gasteiger partial charge < -0.3 is 14.5 Å². The van der Waals surface area contributed by atoms with Crippen molar-refractivity contribution in [3.63, 3.8) is 0 Å². The molecule has 1 aliphatic heterocycles. The summed E-state index contributed by atoms with van der Waals surface area (Å²) in [5.41, 5.74) is -0.0218. The second kappa shape index (κ2) is 9.89. The van der Waals surface area contributed by atoms with Gasteiger partial charge in [-0.05, 0) is 42.0 Å². The third-order valence-corrected chi connectivity index (χ3v) is 6.71. The summed E-state index contributed by atoms with van der Waals surface area (Å²) in [5, 5.41) is 3.65. The molecule has 0 bridgehead atoms. The summed E-state index contributed by atoms with van der Waals surface area (Å²) in [7, 11) is 0. The van der Waals surface area contributed by atoms with E-state index in [2.05, 4.69) is 5.32 Å². The standard InChI is InChI=1S/C32H20F3NO4/c33-32(34,35)21-17-15-19(16-18-21)25-26(28(37)20-9-3-1-4-10-20)30(36-22-11-5-2-6-12-22)40-29-23-13-7-8-14-24(23)39-31(38)27(25)29/h1-18,25,36H. The van der Waals surface area contributed by atoms with Gasteiger partial charge >= 0.3 is 11.8 Å². The van der Waals surface area contributed by atoms with Gasteiger partial charge in [-0.25, -0.2) is 4.79 Å². The van der Waals surface area contributed by atoms with E-state index in [1.165, 1.54) is 12.1 Å². The summed E-state index contributed by atoms with van der Waals surface area (Å²) in [6.45, 7) is 0. The van der Waals surface area contributed by atoms with E-state index in [0.717, 1.165) is 12.1 Å². The van der Waals surface area contributed by atoms with Crippen LogP contribution in [0, 0.1) is 0 Å². The molecule has 5 aromatic rings. The first-order valence-corrected chi connectivity index (χ1v) is 12.4. The Morgan fingerprint density at radius 3 is 2.08 bits per heavy atom. The monoisotopic (exact) mass is 539 g/mol. The number of Topliss-reactive ketones (excluding diaryl/α,β-unsaturated/α-hetero) is 1. The lowest BCUT2D eigenvalue weighted by atomic mass is 9.80. The quantitative estimate of drug-likeness (QED) is 0.185. The average Bonchev–Trinajstić information content (AvgIpc) is 2.97. The van der Waals surface area contributed by atoms with Gasteiger partial charge in [0.2, 0.25) is 5.88 Å². The third-order valence-electron chi connectivity index (χ3n) is 6.71. The number of carbonyl (C=O) groups excluding carboxylic acids is 1. The number of para-hydroxylation sites is 2. The zero-order valence-electron chi connectivity index (χ0n) is 20.7. The number of ketones is 1. The van der Waals surface area contributed by atoms with E-state index in [0.29, 0.717) is 22.2 Å². The fourth-order valence-corrected chi connectivity index (χ4v) is 4.85. The summed E-state index contributed by atoms with van der Waals surface area (Å²) >= 11 is 0. The second-order valence-corrected chi connectivity index (χ2v) is 9.21. The Hall–Kier alpha value is -5.11. The zero-order chi connectivity index (χ0) is 27.9. The average molecular weight is 540 g/mol. The predicted molar refractivity (Wildman–Crippen MR) is 144 cm³/mol. The van der Waals surface area contributed by atoms with E-state index in [1.807, 2.05) is 6.07 Å². The van der Waals surface area contributed by atoms with E-state index in [1.54, 1.807) is 78.9 Å². The van der Waals surface area contributed by atoms with E-state index in [4.69, 9.17) is 9.15 Å². The van der Waals surface area contributed by atoms with Crippen molar-refractivity contribution >= 4 is 22.4 Å². The van der Waals surface area contributed by atoms with Gasteiger partial charge in [0.05, 0.1) is 28.0 Å². The van der Waals surface area contributed by atoms with Gasteiger partial charge in [-0.3, -0.25) is 4.79 Å². The van der Waals surface area contributed by atoms with Crippen molar-refractivity contribution in [3.8, 4) is 5.75 Å². The summed E-state index contributed by atoms with van der Waals surface area (Å²) in [4.78, 5) is 27.6. The first-order chi connectivity index (χ1) is 19.3. The maximum atomic E-state index is 14.1. The molecule has 0 radical (unpaired) electrons. The van der Waals surface area contributed by atoms with Crippen molar-refractivity contribution in [2.45, 2.75) is 12.1 Å². The number of carbonyl (C=O) groups is 1. The number of hydrogen-bond acceptors (Lipinski definition) is 5. The topological polar surface area (TPSA) is 68.5 Å². The Bertz CT molecular complexity index is 1810. The van der Waals surface area contributed by atoms with Crippen LogP contribution in [0.25, 0.3) is 11.0 Å². The lowest BCUT2D eigenvalue weighted by molar-refractivity contribution is -0.137. The van der Waals surface area contributed by atoms with E-state index in [-0.39, 0.29) is 28.4 Å². The molecule has 0 fully saturated rings. The van der Waals surface area contributed by atoms with Crippen molar-refractivity contribution in [2.24, 2.45) is 0 Å². The molecule has 198 valence electrons. The van der Waals surface area contributed by atoms with E-state index >= 15 is 0 Å². The number of alkyl halides is 3. The van der Waals surface area contributed by atoms with Crippen LogP contribution in [0.2, 0.25) is 0 Å². The van der Waals surface area contributed by atoms with Crippen LogP contribution in [0.5, 0.6) is 5.75 Å². The maximum Gasteiger partial charge on any atom is 0.416 e. The number of nitrogens with one attached hydrogen (secondary N) is 1. The number of allylic oxidation sites excluding steroid dienone is 1. The lowest BCUT2D eigenvalue weighted by Crippen LogP contribution is -2.30. The molecule has 4 aromatic carbocycles. The molecule has 6 rings (SSSR count). The first-order valence-electron chi connectivity index (χ1n) is 12.4. The van der Waals surface area contributed by atoms with Crippen LogP contribution in [-0.4, -0.2) is 5.78 Å². The number of fused-ring (bicyclic) bond motifs is 3. The Balaban J connectivity index is 1.65. The lowest BCUT2D eigenvalue weighted by Gasteiger charge is -2.30. The molecule has 1 unspecified atom stereocenters. The largest absolute Gasteiger partial charge is 0.439 e. The molecule has 1 aromatic heterocycles. The van der Waals surface area contributed by atoms with Gasteiger partial charge in [0, 0.05) is 11.3 Å². The molecule has 1 N–H and O–H groups in total. The third kappa shape index (κ3) is 4.53. The minimum atomic E-state index is -4.56. The van der Waals surface area contributed by atoms with Crippen molar-refractivity contribution in [3.05, 3.63) is 153 Å².